The van der Waals surface area contributed by atoms with E-state index in [1.165, 1.54) is 0 Å². The van der Waals surface area contributed by atoms with Gasteiger partial charge in [0.15, 0.2) is 0 Å². The molecule has 2 aliphatic carbocycles. The maximum Gasteiger partial charge on any atom is 0.234 e. The van der Waals surface area contributed by atoms with Crippen LogP contribution < -0.4 is 0 Å². The van der Waals surface area contributed by atoms with E-state index < -0.39 is 34.0 Å². The van der Waals surface area contributed by atoms with Crippen molar-refractivity contribution in [1.29, 1.82) is 0 Å². The Kier molecular flexibility index (Phi) is 17.0. The van der Waals surface area contributed by atoms with E-state index in [-0.39, 0.29) is 27.1 Å². The van der Waals surface area contributed by atoms with Gasteiger partial charge in [-0.1, -0.05) is 103 Å². The van der Waals surface area contributed by atoms with Crippen molar-refractivity contribution in [2.24, 2.45) is 38.9 Å². The third kappa shape index (κ3) is 18.1. The van der Waals surface area contributed by atoms with Crippen LogP contribution in [-0.4, -0.2) is 34.0 Å². The molecule has 0 heterocycles. The SMILES string of the molecule is CCC(C)(C1CCC(OOC(C)(C)CC(C)(C)C)(OOC(C)(C)CC(C)(C)C)CC1)C1CCC(OOC(C)(C)CC(C)(C)C)(OOC(C)(C)CC(C)(C)C)CC1. The largest absolute Gasteiger partial charge is 0.234 e. The standard InChI is InChI=1S/C48H94O8/c1-23-46(22,36-24-28-47(29-25-36,53-49-42(14,15)32-38(2,3)4)54-50-43(16,17)33-39(5,6)7)37-26-30-48(31-27-37,55-51-44(18,19)34-40(8,9)10)56-52-45(20,21)35-41(11,12)13/h36-37H,23-35H2,1-22H3. The van der Waals surface area contributed by atoms with Crippen molar-refractivity contribution in [3.63, 3.8) is 0 Å². The van der Waals surface area contributed by atoms with Crippen molar-refractivity contribution in [2.45, 2.75) is 270 Å². The van der Waals surface area contributed by atoms with Crippen LogP contribution in [0.1, 0.15) is 236 Å². The second-order valence-corrected chi connectivity index (χ2v) is 25.9. The van der Waals surface area contributed by atoms with Crippen molar-refractivity contribution >= 4 is 0 Å². The van der Waals surface area contributed by atoms with Gasteiger partial charge in [0, 0.05) is 25.7 Å². The Hall–Kier alpha value is -0.320. The van der Waals surface area contributed by atoms with Gasteiger partial charge in [-0.15, -0.1) is 0 Å². The molecular formula is C48H94O8. The predicted octanol–water partition coefficient (Wildman–Crippen LogP) is 14.8. The molecule has 334 valence electrons. The Morgan fingerprint density at radius 2 is 0.554 bits per heavy atom. The summed E-state index contributed by atoms with van der Waals surface area (Å²) in [6, 6.07) is 0. The van der Waals surface area contributed by atoms with Crippen LogP contribution in [0.15, 0.2) is 0 Å². The lowest BCUT2D eigenvalue weighted by Crippen LogP contribution is -2.50. The molecule has 0 radical (unpaired) electrons. The Balaban J connectivity index is 2.29. The first kappa shape index (κ1) is 51.8. The number of hydrogen-bond acceptors (Lipinski definition) is 8. The summed E-state index contributed by atoms with van der Waals surface area (Å²) in [6.07, 6.45) is 11.1. The highest BCUT2D eigenvalue weighted by Crippen LogP contribution is 2.55. The van der Waals surface area contributed by atoms with E-state index in [1.807, 2.05) is 0 Å². The zero-order chi connectivity index (χ0) is 43.5. The van der Waals surface area contributed by atoms with Crippen LogP contribution in [0.3, 0.4) is 0 Å². The molecule has 0 atom stereocenters. The van der Waals surface area contributed by atoms with Crippen molar-refractivity contribution in [2.75, 3.05) is 0 Å². The summed E-state index contributed by atoms with van der Waals surface area (Å²) in [4.78, 5) is 50.9. The molecular weight excluding hydrogens is 705 g/mol. The first-order valence-electron chi connectivity index (χ1n) is 22.3. The van der Waals surface area contributed by atoms with E-state index in [1.54, 1.807) is 0 Å². The second-order valence-electron chi connectivity index (χ2n) is 25.9. The van der Waals surface area contributed by atoms with Crippen molar-refractivity contribution in [1.82, 2.24) is 0 Å². The van der Waals surface area contributed by atoms with Gasteiger partial charge in [-0.25, -0.2) is 19.6 Å². The molecule has 2 rings (SSSR count). The van der Waals surface area contributed by atoms with Crippen LogP contribution in [0.5, 0.6) is 0 Å². The molecule has 0 saturated heterocycles. The molecule has 8 heteroatoms. The highest BCUT2D eigenvalue weighted by atomic mass is 17.3. The monoisotopic (exact) mass is 799 g/mol. The van der Waals surface area contributed by atoms with Gasteiger partial charge < -0.3 is 0 Å². The van der Waals surface area contributed by atoms with Crippen LogP contribution >= 0.6 is 0 Å². The zero-order valence-electron chi connectivity index (χ0n) is 41.1. The smallest absolute Gasteiger partial charge is 0.228 e. The summed E-state index contributed by atoms with van der Waals surface area (Å²) >= 11 is 0. The van der Waals surface area contributed by atoms with Crippen LogP contribution in [0.2, 0.25) is 0 Å². The maximum absolute atomic E-state index is 6.44. The number of rotatable bonds is 19. The lowest BCUT2D eigenvalue weighted by atomic mass is 9.58. The highest BCUT2D eigenvalue weighted by molar-refractivity contribution is 4.96. The van der Waals surface area contributed by atoms with Crippen LogP contribution in [0, 0.1) is 38.9 Å². The average Bonchev–Trinajstić information content (AvgIpc) is 2.97. The summed E-state index contributed by atoms with van der Waals surface area (Å²) in [5, 5.41) is 0. The second kappa shape index (κ2) is 18.3. The highest BCUT2D eigenvalue weighted by Gasteiger charge is 2.52. The van der Waals surface area contributed by atoms with Gasteiger partial charge in [-0.05, 0) is 146 Å². The molecule has 0 unspecified atom stereocenters. The van der Waals surface area contributed by atoms with Crippen molar-refractivity contribution < 1.29 is 39.1 Å². The third-order valence-electron chi connectivity index (χ3n) is 11.6. The molecule has 0 spiro atoms. The molecule has 2 fully saturated rings. The molecule has 0 bridgehead atoms. The van der Waals surface area contributed by atoms with Gasteiger partial charge in [0.05, 0.1) is 22.4 Å². The fraction of sp³-hybridized carbons (Fsp3) is 1.00. The molecule has 0 aromatic carbocycles. The molecule has 0 aromatic rings. The minimum absolute atomic E-state index is 0.0872. The summed E-state index contributed by atoms with van der Waals surface area (Å²) in [6.45, 7) is 48.4. The Labute approximate surface area is 347 Å². The summed E-state index contributed by atoms with van der Waals surface area (Å²) < 4.78 is 0. The molecule has 0 N–H and O–H groups in total. The lowest BCUT2D eigenvalue weighted by Gasteiger charge is -2.51. The van der Waals surface area contributed by atoms with Crippen LogP contribution in [-0.2, 0) is 39.1 Å². The van der Waals surface area contributed by atoms with Crippen LogP contribution in [0.25, 0.3) is 0 Å². The van der Waals surface area contributed by atoms with Gasteiger partial charge in [-0.2, -0.15) is 19.6 Å². The van der Waals surface area contributed by atoms with Crippen molar-refractivity contribution in [3.05, 3.63) is 0 Å². The molecule has 2 saturated carbocycles. The first-order valence-corrected chi connectivity index (χ1v) is 22.3. The Bertz CT molecular complexity index is 1020. The summed E-state index contributed by atoms with van der Waals surface area (Å²) in [5.74, 6) is -0.983. The van der Waals surface area contributed by atoms with Gasteiger partial charge >= 0.3 is 0 Å². The Morgan fingerprint density at radius 3 is 0.714 bits per heavy atom. The van der Waals surface area contributed by atoms with E-state index in [4.69, 9.17) is 39.1 Å². The zero-order valence-corrected chi connectivity index (χ0v) is 41.1. The van der Waals surface area contributed by atoms with E-state index in [2.05, 4.69) is 152 Å². The van der Waals surface area contributed by atoms with E-state index in [0.29, 0.717) is 37.5 Å². The summed E-state index contributed by atoms with van der Waals surface area (Å²) in [7, 11) is 0. The van der Waals surface area contributed by atoms with E-state index in [9.17, 15) is 0 Å². The normalized spacial score (nSPS) is 20.5. The van der Waals surface area contributed by atoms with E-state index in [0.717, 1.165) is 57.8 Å². The average molecular weight is 799 g/mol. The molecule has 0 aromatic heterocycles. The minimum Gasteiger partial charge on any atom is -0.228 e. The Morgan fingerprint density at radius 1 is 0.357 bits per heavy atom. The lowest BCUT2D eigenvalue weighted by molar-refractivity contribution is -0.551. The van der Waals surface area contributed by atoms with Crippen molar-refractivity contribution in [3.8, 4) is 0 Å². The fourth-order valence-electron chi connectivity index (χ4n) is 10.7. The predicted molar refractivity (Wildman–Crippen MR) is 229 cm³/mol. The quantitative estimate of drug-likeness (QED) is 0.0727. The minimum atomic E-state index is -0.979. The molecule has 0 amide bonds. The van der Waals surface area contributed by atoms with Gasteiger partial charge in [0.1, 0.15) is 0 Å². The first-order chi connectivity index (χ1) is 24.8. The summed E-state index contributed by atoms with van der Waals surface area (Å²) in [5.41, 5.74) is -1.49. The molecule has 2 aliphatic rings. The topological polar surface area (TPSA) is 73.8 Å². The number of hydrogen-bond donors (Lipinski definition) is 0. The molecule has 56 heavy (non-hydrogen) atoms. The van der Waals surface area contributed by atoms with Crippen LogP contribution in [0.4, 0.5) is 0 Å². The molecule has 8 nitrogen and oxygen atoms in total. The van der Waals surface area contributed by atoms with Gasteiger partial charge in [0.2, 0.25) is 11.6 Å². The van der Waals surface area contributed by atoms with Gasteiger partial charge in [-0.3, -0.25) is 0 Å². The maximum atomic E-state index is 6.44. The molecule has 0 aliphatic heterocycles. The van der Waals surface area contributed by atoms with E-state index >= 15 is 0 Å². The third-order valence-corrected chi connectivity index (χ3v) is 11.6. The van der Waals surface area contributed by atoms with Gasteiger partial charge in [0.25, 0.3) is 0 Å². The fourth-order valence-corrected chi connectivity index (χ4v) is 10.7.